The molecular weight excluding hydrogens is 403 g/mol. The number of sulfonamides is 1. The highest BCUT2D eigenvalue weighted by molar-refractivity contribution is 7.89. The first-order valence-corrected chi connectivity index (χ1v) is 10.9. The van der Waals surface area contributed by atoms with Crippen LogP contribution >= 0.6 is 0 Å². The number of halogens is 1. The number of hydrogen-bond donors (Lipinski definition) is 0. The van der Waals surface area contributed by atoms with Crippen molar-refractivity contribution >= 4 is 15.7 Å². The normalized spacial score (nSPS) is 16.4. The summed E-state index contributed by atoms with van der Waals surface area (Å²) in [7, 11) is -2.39. The van der Waals surface area contributed by atoms with Crippen LogP contribution in [0.25, 0.3) is 0 Å². The first-order valence-electron chi connectivity index (χ1n) is 9.47. The van der Waals surface area contributed by atoms with Crippen molar-refractivity contribution in [2.24, 2.45) is 5.10 Å². The molecule has 1 atom stereocenters. The van der Waals surface area contributed by atoms with Crippen LogP contribution in [0.2, 0.25) is 0 Å². The maximum atomic E-state index is 13.4. The second-order valence-electron chi connectivity index (χ2n) is 7.14. The van der Waals surface area contributed by atoms with E-state index in [4.69, 9.17) is 4.74 Å². The van der Waals surface area contributed by atoms with Gasteiger partial charge in [0.25, 0.3) is 10.0 Å². The molecule has 0 fully saturated rings. The Hall–Kier alpha value is -3.19. The van der Waals surface area contributed by atoms with Crippen molar-refractivity contribution in [1.29, 1.82) is 0 Å². The third-order valence-electron chi connectivity index (χ3n) is 5.12. The summed E-state index contributed by atoms with van der Waals surface area (Å²) >= 11 is 0. The molecule has 0 saturated carbocycles. The van der Waals surface area contributed by atoms with Crippen LogP contribution in [-0.4, -0.2) is 25.7 Å². The lowest BCUT2D eigenvalue weighted by Gasteiger charge is -2.23. The van der Waals surface area contributed by atoms with Crippen LogP contribution in [0.15, 0.2) is 82.8 Å². The molecule has 3 aromatic rings. The summed E-state index contributed by atoms with van der Waals surface area (Å²) in [6, 6.07) is 19.4. The zero-order valence-corrected chi connectivity index (χ0v) is 17.4. The molecule has 0 spiro atoms. The molecule has 1 aliphatic heterocycles. The topological polar surface area (TPSA) is 59.0 Å². The molecule has 0 aromatic heterocycles. The number of aryl methyl sites for hydroxylation is 1. The van der Waals surface area contributed by atoms with Crippen LogP contribution in [0.3, 0.4) is 0 Å². The van der Waals surface area contributed by atoms with E-state index in [0.717, 1.165) is 33.2 Å². The number of benzene rings is 3. The van der Waals surface area contributed by atoms with Gasteiger partial charge < -0.3 is 4.74 Å². The van der Waals surface area contributed by atoms with Gasteiger partial charge in [0.2, 0.25) is 0 Å². The molecule has 0 radical (unpaired) electrons. The molecule has 4 rings (SSSR count). The van der Waals surface area contributed by atoms with E-state index in [1.54, 1.807) is 19.2 Å². The zero-order chi connectivity index (χ0) is 21.3. The fourth-order valence-electron chi connectivity index (χ4n) is 3.42. The van der Waals surface area contributed by atoms with E-state index in [2.05, 4.69) is 5.10 Å². The Kier molecular flexibility index (Phi) is 5.30. The smallest absolute Gasteiger partial charge is 0.279 e. The number of hydrogen-bond acceptors (Lipinski definition) is 4. The SMILES string of the molecule is COc1ccc(C2CC(c3ccc(C)cc3)=NN2S(=O)(=O)c2ccc(F)cc2)cc1. The molecule has 0 bridgehead atoms. The molecule has 1 heterocycles. The minimum Gasteiger partial charge on any atom is -0.497 e. The minimum absolute atomic E-state index is 0.00341. The summed E-state index contributed by atoms with van der Waals surface area (Å²) in [5, 5.41) is 4.50. The van der Waals surface area contributed by atoms with Gasteiger partial charge in [0, 0.05) is 6.42 Å². The monoisotopic (exact) mass is 424 g/mol. The summed E-state index contributed by atoms with van der Waals surface area (Å²) < 4.78 is 46.4. The summed E-state index contributed by atoms with van der Waals surface area (Å²) in [5.74, 6) is 0.190. The van der Waals surface area contributed by atoms with Gasteiger partial charge in [-0.1, -0.05) is 42.0 Å². The molecule has 154 valence electrons. The van der Waals surface area contributed by atoms with Crippen molar-refractivity contribution in [3.8, 4) is 5.75 Å². The maximum absolute atomic E-state index is 13.4. The van der Waals surface area contributed by atoms with Crippen molar-refractivity contribution in [3.63, 3.8) is 0 Å². The predicted molar refractivity (Wildman–Crippen MR) is 113 cm³/mol. The molecule has 0 aliphatic carbocycles. The highest BCUT2D eigenvalue weighted by Gasteiger charge is 2.37. The van der Waals surface area contributed by atoms with Crippen molar-refractivity contribution < 1.29 is 17.5 Å². The lowest BCUT2D eigenvalue weighted by Crippen LogP contribution is -2.27. The summed E-state index contributed by atoms with van der Waals surface area (Å²) in [6.07, 6.45) is 0.426. The van der Waals surface area contributed by atoms with E-state index < -0.39 is 21.9 Å². The molecule has 0 amide bonds. The van der Waals surface area contributed by atoms with Gasteiger partial charge in [-0.25, -0.2) is 4.39 Å². The second-order valence-corrected chi connectivity index (χ2v) is 8.93. The van der Waals surface area contributed by atoms with E-state index >= 15 is 0 Å². The van der Waals surface area contributed by atoms with Crippen LogP contribution in [0.1, 0.15) is 29.2 Å². The van der Waals surface area contributed by atoms with Crippen LogP contribution in [0, 0.1) is 12.7 Å². The highest BCUT2D eigenvalue weighted by Crippen LogP contribution is 2.37. The van der Waals surface area contributed by atoms with Crippen molar-refractivity contribution in [3.05, 3.63) is 95.3 Å². The fraction of sp³-hybridized carbons (Fsp3) is 0.174. The second kappa shape index (κ2) is 7.91. The Balaban J connectivity index is 1.78. The Morgan fingerprint density at radius 2 is 1.60 bits per heavy atom. The predicted octanol–water partition coefficient (Wildman–Crippen LogP) is 4.68. The summed E-state index contributed by atoms with van der Waals surface area (Å²) in [6.45, 7) is 1.99. The van der Waals surface area contributed by atoms with Gasteiger partial charge in [0.1, 0.15) is 11.6 Å². The van der Waals surface area contributed by atoms with E-state index in [0.29, 0.717) is 17.9 Å². The molecule has 0 saturated heterocycles. The first kappa shape index (κ1) is 20.1. The maximum Gasteiger partial charge on any atom is 0.279 e. The quantitative estimate of drug-likeness (QED) is 0.597. The Labute approximate surface area is 175 Å². The third kappa shape index (κ3) is 3.80. The number of rotatable bonds is 5. The Morgan fingerprint density at radius 3 is 2.20 bits per heavy atom. The van der Waals surface area contributed by atoms with E-state index in [9.17, 15) is 12.8 Å². The fourth-order valence-corrected chi connectivity index (χ4v) is 4.85. The minimum atomic E-state index is -3.97. The molecule has 30 heavy (non-hydrogen) atoms. The Morgan fingerprint density at radius 1 is 0.967 bits per heavy atom. The number of methoxy groups -OCH3 is 1. The lowest BCUT2D eigenvalue weighted by molar-refractivity contribution is 0.370. The summed E-state index contributed by atoms with van der Waals surface area (Å²) in [4.78, 5) is -0.00341. The van der Waals surface area contributed by atoms with Gasteiger partial charge in [-0.2, -0.15) is 17.9 Å². The largest absolute Gasteiger partial charge is 0.497 e. The lowest BCUT2D eigenvalue weighted by atomic mass is 9.98. The molecule has 5 nitrogen and oxygen atoms in total. The van der Waals surface area contributed by atoms with Crippen LogP contribution < -0.4 is 4.74 Å². The summed E-state index contributed by atoms with van der Waals surface area (Å²) in [5.41, 5.74) is 3.46. The molecular formula is C23H21FN2O3S. The molecule has 3 aromatic carbocycles. The van der Waals surface area contributed by atoms with Crippen LogP contribution in [0.5, 0.6) is 5.75 Å². The van der Waals surface area contributed by atoms with Gasteiger partial charge in [0.15, 0.2) is 0 Å². The van der Waals surface area contributed by atoms with E-state index in [-0.39, 0.29) is 4.90 Å². The Bertz CT molecular complexity index is 1170. The number of ether oxygens (including phenoxy) is 1. The molecule has 1 unspecified atom stereocenters. The van der Waals surface area contributed by atoms with Crippen LogP contribution in [0.4, 0.5) is 4.39 Å². The average molecular weight is 424 g/mol. The molecule has 0 N–H and O–H groups in total. The van der Waals surface area contributed by atoms with Crippen LogP contribution in [-0.2, 0) is 10.0 Å². The molecule has 7 heteroatoms. The van der Waals surface area contributed by atoms with E-state index in [1.165, 1.54) is 12.1 Å². The van der Waals surface area contributed by atoms with Gasteiger partial charge in [-0.05, 0) is 54.4 Å². The van der Waals surface area contributed by atoms with Gasteiger partial charge in [-0.15, -0.1) is 0 Å². The average Bonchev–Trinajstić information content (AvgIpc) is 3.21. The van der Waals surface area contributed by atoms with Crippen molar-refractivity contribution in [1.82, 2.24) is 4.41 Å². The van der Waals surface area contributed by atoms with Crippen molar-refractivity contribution in [2.75, 3.05) is 7.11 Å². The van der Waals surface area contributed by atoms with Gasteiger partial charge in [0.05, 0.1) is 23.8 Å². The third-order valence-corrected chi connectivity index (χ3v) is 6.81. The van der Waals surface area contributed by atoms with Gasteiger partial charge >= 0.3 is 0 Å². The van der Waals surface area contributed by atoms with Gasteiger partial charge in [-0.3, -0.25) is 0 Å². The van der Waals surface area contributed by atoms with E-state index in [1.807, 2.05) is 43.3 Å². The number of hydrazone groups is 1. The zero-order valence-electron chi connectivity index (χ0n) is 16.6. The molecule has 1 aliphatic rings. The first-order chi connectivity index (χ1) is 14.4. The highest BCUT2D eigenvalue weighted by atomic mass is 32.2. The standard InChI is InChI=1S/C23H21FN2O3S/c1-16-3-5-17(6-4-16)22-15-23(18-7-11-20(29-2)12-8-18)26(25-22)30(27,28)21-13-9-19(24)10-14-21/h3-14,23H,15H2,1-2H3. The number of nitrogens with zero attached hydrogens (tertiary/aromatic N) is 2. The van der Waals surface area contributed by atoms with Crippen molar-refractivity contribution in [2.45, 2.75) is 24.3 Å².